The second-order valence-corrected chi connectivity index (χ2v) is 8.11. The van der Waals surface area contributed by atoms with E-state index in [1.54, 1.807) is 25.1 Å². The number of rotatable bonds is 8. The molecule has 7 nitrogen and oxygen atoms in total. The normalized spacial score (nSPS) is 19.4. The SMILES string of the molecule is CCN(CCNC(=O)C1C=NN2C(=O)C(Cc3ccccc3F)=C(C)NC12)c1ccccc1. The summed E-state index contributed by atoms with van der Waals surface area (Å²) in [6, 6.07) is 16.4. The van der Waals surface area contributed by atoms with E-state index in [0.717, 1.165) is 12.2 Å². The lowest BCUT2D eigenvalue weighted by molar-refractivity contribution is -0.133. The number of benzene rings is 2. The van der Waals surface area contributed by atoms with E-state index in [0.29, 0.717) is 29.9 Å². The van der Waals surface area contributed by atoms with Gasteiger partial charge in [-0.05, 0) is 37.6 Å². The first-order chi connectivity index (χ1) is 16.0. The lowest BCUT2D eigenvalue weighted by atomic mass is 9.98. The Balaban J connectivity index is 1.38. The summed E-state index contributed by atoms with van der Waals surface area (Å²) < 4.78 is 14.1. The van der Waals surface area contributed by atoms with E-state index in [2.05, 4.69) is 27.6 Å². The summed E-state index contributed by atoms with van der Waals surface area (Å²) in [4.78, 5) is 28.1. The van der Waals surface area contributed by atoms with Gasteiger partial charge in [-0.25, -0.2) is 9.40 Å². The average Bonchev–Trinajstić information content (AvgIpc) is 3.25. The highest BCUT2D eigenvalue weighted by atomic mass is 19.1. The summed E-state index contributed by atoms with van der Waals surface area (Å²) in [5.41, 5.74) is 2.62. The van der Waals surface area contributed by atoms with Crippen LogP contribution in [0.3, 0.4) is 0 Å². The standard InChI is InChI=1S/C25H28FN5O2/c1-3-30(19-10-5-4-6-11-19)14-13-27-24(32)21-16-28-31-23(21)29-17(2)20(25(31)33)15-18-9-7-8-12-22(18)26/h4-12,16,21,23,29H,3,13-15H2,1-2H3,(H,27,32). The van der Waals surface area contributed by atoms with Crippen LogP contribution in [0.5, 0.6) is 0 Å². The van der Waals surface area contributed by atoms with Crippen LogP contribution in [0.25, 0.3) is 0 Å². The van der Waals surface area contributed by atoms with Gasteiger partial charge in [-0.2, -0.15) is 5.10 Å². The number of likely N-dealkylation sites (N-methyl/N-ethyl adjacent to an activating group) is 1. The highest BCUT2D eigenvalue weighted by Gasteiger charge is 2.43. The predicted molar refractivity (Wildman–Crippen MR) is 126 cm³/mol. The molecule has 0 bridgehead atoms. The fourth-order valence-corrected chi connectivity index (χ4v) is 4.18. The number of nitrogens with one attached hydrogen (secondary N) is 2. The number of hydrogen-bond donors (Lipinski definition) is 2. The molecule has 2 atom stereocenters. The van der Waals surface area contributed by atoms with Crippen LogP contribution in [0.15, 0.2) is 71.0 Å². The lowest BCUT2D eigenvalue weighted by Gasteiger charge is -2.33. The maximum Gasteiger partial charge on any atom is 0.273 e. The molecule has 2 unspecified atom stereocenters. The Morgan fingerprint density at radius 2 is 1.91 bits per heavy atom. The minimum Gasteiger partial charge on any atom is -0.370 e. The number of para-hydroxylation sites is 1. The van der Waals surface area contributed by atoms with Crippen molar-refractivity contribution in [3.05, 3.63) is 77.2 Å². The van der Waals surface area contributed by atoms with Crippen LogP contribution in [0.2, 0.25) is 0 Å². The Morgan fingerprint density at radius 3 is 2.64 bits per heavy atom. The predicted octanol–water partition coefficient (Wildman–Crippen LogP) is 2.66. The average molecular weight is 450 g/mol. The Hall–Kier alpha value is -3.68. The number of allylic oxidation sites excluding steroid dienone is 1. The molecule has 2 aromatic rings. The summed E-state index contributed by atoms with van der Waals surface area (Å²) in [5, 5.41) is 11.7. The molecule has 0 aromatic heterocycles. The van der Waals surface area contributed by atoms with Crippen LogP contribution < -0.4 is 15.5 Å². The van der Waals surface area contributed by atoms with E-state index in [4.69, 9.17) is 0 Å². The third kappa shape index (κ3) is 4.74. The van der Waals surface area contributed by atoms with Crippen LogP contribution in [0, 0.1) is 11.7 Å². The number of nitrogens with zero attached hydrogens (tertiary/aromatic N) is 3. The Labute approximate surface area is 193 Å². The van der Waals surface area contributed by atoms with Crippen molar-refractivity contribution in [3.8, 4) is 0 Å². The zero-order valence-corrected chi connectivity index (χ0v) is 18.8. The molecule has 172 valence electrons. The number of hydrogen-bond acceptors (Lipinski definition) is 5. The summed E-state index contributed by atoms with van der Waals surface area (Å²) in [6.45, 7) is 5.81. The first-order valence-electron chi connectivity index (χ1n) is 11.1. The molecule has 0 saturated carbocycles. The van der Waals surface area contributed by atoms with Gasteiger partial charge in [0.25, 0.3) is 5.91 Å². The van der Waals surface area contributed by atoms with Gasteiger partial charge >= 0.3 is 0 Å². The Bertz CT molecular complexity index is 1090. The van der Waals surface area contributed by atoms with Gasteiger partial charge in [0, 0.05) is 49.2 Å². The molecule has 0 spiro atoms. The van der Waals surface area contributed by atoms with Gasteiger partial charge in [0.05, 0.1) is 0 Å². The monoisotopic (exact) mass is 449 g/mol. The number of halogens is 1. The first kappa shape index (κ1) is 22.5. The van der Waals surface area contributed by atoms with Crippen molar-refractivity contribution in [1.82, 2.24) is 15.6 Å². The maximum atomic E-state index is 14.1. The van der Waals surface area contributed by atoms with Gasteiger partial charge in [-0.1, -0.05) is 36.4 Å². The third-order valence-electron chi connectivity index (χ3n) is 6.05. The molecular formula is C25H28FN5O2. The molecule has 0 aliphatic carbocycles. The third-order valence-corrected chi connectivity index (χ3v) is 6.05. The molecule has 2 aromatic carbocycles. The van der Waals surface area contributed by atoms with Crippen molar-refractivity contribution in [2.45, 2.75) is 26.4 Å². The van der Waals surface area contributed by atoms with Crippen LogP contribution >= 0.6 is 0 Å². The summed E-state index contributed by atoms with van der Waals surface area (Å²) >= 11 is 0. The van der Waals surface area contributed by atoms with Crippen molar-refractivity contribution in [1.29, 1.82) is 0 Å². The maximum absolute atomic E-state index is 14.1. The highest BCUT2D eigenvalue weighted by molar-refractivity contribution is 6.01. The number of fused-ring (bicyclic) bond motifs is 1. The molecule has 2 amide bonds. The molecule has 0 radical (unpaired) electrons. The largest absolute Gasteiger partial charge is 0.370 e. The number of carbonyl (C=O) groups excluding carboxylic acids is 2. The number of hydrazone groups is 1. The molecule has 2 N–H and O–H groups in total. The molecule has 33 heavy (non-hydrogen) atoms. The van der Waals surface area contributed by atoms with Crippen LogP contribution in [-0.4, -0.2) is 48.8 Å². The van der Waals surface area contributed by atoms with Crippen molar-refractivity contribution >= 4 is 23.7 Å². The smallest absolute Gasteiger partial charge is 0.273 e. The summed E-state index contributed by atoms with van der Waals surface area (Å²) in [6.07, 6.45) is 1.07. The van der Waals surface area contributed by atoms with Gasteiger partial charge in [-0.15, -0.1) is 0 Å². The molecule has 2 heterocycles. The van der Waals surface area contributed by atoms with Crippen LogP contribution in [0.1, 0.15) is 19.4 Å². The quantitative estimate of drug-likeness (QED) is 0.650. The van der Waals surface area contributed by atoms with Crippen molar-refractivity contribution in [2.24, 2.45) is 11.0 Å². The minimum absolute atomic E-state index is 0.159. The van der Waals surface area contributed by atoms with Gasteiger partial charge in [0.2, 0.25) is 5.91 Å². The second kappa shape index (κ2) is 9.85. The van der Waals surface area contributed by atoms with E-state index in [1.807, 2.05) is 30.3 Å². The minimum atomic E-state index is -0.606. The van der Waals surface area contributed by atoms with E-state index in [-0.39, 0.29) is 24.1 Å². The van der Waals surface area contributed by atoms with Crippen LogP contribution in [0.4, 0.5) is 10.1 Å². The molecule has 0 saturated heterocycles. The molecule has 2 aliphatic heterocycles. The van der Waals surface area contributed by atoms with Crippen molar-refractivity contribution in [2.75, 3.05) is 24.5 Å². The summed E-state index contributed by atoms with van der Waals surface area (Å²) in [5.74, 6) is -1.47. The second-order valence-electron chi connectivity index (χ2n) is 8.11. The molecular weight excluding hydrogens is 421 g/mol. The zero-order valence-electron chi connectivity index (χ0n) is 18.8. The Morgan fingerprint density at radius 1 is 1.18 bits per heavy atom. The van der Waals surface area contributed by atoms with E-state index < -0.39 is 12.1 Å². The topological polar surface area (TPSA) is 77.0 Å². The van der Waals surface area contributed by atoms with Crippen LogP contribution in [-0.2, 0) is 16.0 Å². The Kier molecular flexibility index (Phi) is 6.72. The number of carbonyl (C=O) groups is 2. The van der Waals surface area contributed by atoms with Crippen molar-refractivity contribution in [3.63, 3.8) is 0 Å². The van der Waals surface area contributed by atoms with E-state index in [1.165, 1.54) is 17.3 Å². The molecule has 0 fully saturated rings. The number of anilines is 1. The van der Waals surface area contributed by atoms with Gasteiger partial charge in [0.1, 0.15) is 17.9 Å². The highest BCUT2D eigenvalue weighted by Crippen LogP contribution is 2.27. The molecule has 4 rings (SSSR count). The lowest BCUT2D eigenvalue weighted by Crippen LogP contribution is -2.55. The number of amides is 2. The fraction of sp³-hybridized carbons (Fsp3) is 0.320. The zero-order chi connectivity index (χ0) is 23.4. The van der Waals surface area contributed by atoms with E-state index >= 15 is 0 Å². The fourth-order valence-electron chi connectivity index (χ4n) is 4.18. The van der Waals surface area contributed by atoms with Gasteiger partial charge < -0.3 is 15.5 Å². The van der Waals surface area contributed by atoms with Gasteiger partial charge in [-0.3, -0.25) is 9.59 Å². The molecule has 2 aliphatic rings. The first-order valence-corrected chi connectivity index (χ1v) is 11.1. The van der Waals surface area contributed by atoms with Crippen molar-refractivity contribution < 1.29 is 14.0 Å². The molecule has 8 heteroatoms. The van der Waals surface area contributed by atoms with Gasteiger partial charge in [0.15, 0.2) is 0 Å². The summed E-state index contributed by atoms with van der Waals surface area (Å²) in [7, 11) is 0. The van der Waals surface area contributed by atoms with E-state index in [9.17, 15) is 14.0 Å².